The average Bonchev–Trinajstić information content (AvgIpc) is 2.18. The van der Waals surface area contributed by atoms with Gasteiger partial charge >= 0.3 is 0 Å². The summed E-state index contributed by atoms with van der Waals surface area (Å²) in [6.45, 7) is 0. The van der Waals surface area contributed by atoms with Gasteiger partial charge in [0.1, 0.15) is 5.25 Å². The number of carbonyl (C=O) groups is 1. The molecular weight excluding hydrogens is 152 g/mol. The largest absolute Gasteiger partial charge is 0.298 e. The second kappa shape index (κ2) is 1.61. The van der Waals surface area contributed by atoms with Crippen LogP contribution in [-0.4, -0.2) is 25.2 Å². The van der Waals surface area contributed by atoms with E-state index in [0.29, 0.717) is 12.8 Å². The summed E-state index contributed by atoms with van der Waals surface area (Å²) in [4.78, 5) is 10.9. The SMILES string of the molecule is O=C1C[C@@H]2C[C@H]1S(=O)(=O)C2. The van der Waals surface area contributed by atoms with Gasteiger partial charge in [-0.25, -0.2) is 8.42 Å². The lowest BCUT2D eigenvalue weighted by Crippen LogP contribution is -2.27. The first-order valence-electron chi connectivity index (χ1n) is 3.34. The number of carbonyl (C=O) groups excluding carboxylic acids is 1. The lowest BCUT2D eigenvalue weighted by atomic mass is 10.1. The van der Waals surface area contributed by atoms with Gasteiger partial charge in [-0.2, -0.15) is 0 Å². The summed E-state index contributed by atoms with van der Waals surface area (Å²) in [7, 11) is -2.99. The van der Waals surface area contributed by atoms with Crippen molar-refractivity contribution in [2.24, 2.45) is 5.92 Å². The van der Waals surface area contributed by atoms with Gasteiger partial charge in [0.05, 0.1) is 5.75 Å². The Morgan fingerprint density at radius 3 is 2.40 bits per heavy atom. The number of sulfone groups is 1. The fraction of sp³-hybridized carbons (Fsp3) is 0.833. The van der Waals surface area contributed by atoms with Crippen LogP contribution in [0.15, 0.2) is 0 Å². The predicted molar refractivity (Wildman–Crippen MR) is 35.3 cm³/mol. The Kier molecular flexibility index (Phi) is 1.02. The molecule has 2 aliphatic rings. The third-order valence-electron chi connectivity index (χ3n) is 2.30. The molecule has 4 heteroatoms. The van der Waals surface area contributed by atoms with Crippen molar-refractivity contribution < 1.29 is 13.2 Å². The molecule has 0 N–H and O–H groups in total. The smallest absolute Gasteiger partial charge is 0.160 e. The van der Waals surface area contributed by atoms with E-state index in [1.54, 1.807) is 0 Å². The summed E-state index contributed by atoms with van der Waals surface area (Å²) in [5, 5.41) is -0.613. The van der Waals surface area contributed by atoms with Crippen molar-refractivity contribution in [2.75, 3.05) is 5.75 Å². The fourth-order valence-corrected chi connectivity index (χ4v) is 4.06. The van der Waals surface area contributed by atoms with E-state index in [4.69, 9.17) is 0 Å². The quantitative estimate of drug-likeness (QED) is 0.491. The van der Waals surface area contributed by atoms with Crippen molar-refractivity contribution in [3.05, 3.63) is 0 Å². The summed E-state index contributed by atoms with van der Waals surface area (Å²) < 4.78 is 22.0. The molecule has 0 unspecified atom stereocenters. The lowest BCUT2D eigenvalue weighted by Gasteiger charge is -2.07. The standard InChI is InChI=1S/C6H8O3S/c7-5-1-4-2-6(5)10(8,9)3-4/h4,6H,1-3H2/t4-,6-/m1/s1. The van der Waals surface area contributed by atoms with E-state index >= 15 is 0 Å². The molecule has 0 aromatic heterocycles. The molecule has 0 aromatic carbocycles. The molecule has 0 radical (unpaired) electrons. The average molecular weight is 160 g/mol. The number of hydrogen-bond donors (Lipinski definition) is 0. The maximum atomic E-state index is 11.0. The molecule has 2 fully saturated rings. The van der Waals surface area contributed by atoms with E-state index in [0.717, 1.165) is 0 Å². The van der Waals surface area contributed by atoms with Crippen LogP contribution in [0, 0.1) is 5.92 Å². The topological polar surface area (TPSA) is 51.2 Å². The van der Waals surface area contributed by atoms with Crippen LogP contribution in [-0.2, 0) is 14.6 Å². The van der Waals surface area contributed by atoms with Crippen molar-refractivity contribution in [1.82, 2.24) is 0 Å². The Balaban J connectivity index is 2.46. The van der Waals surface area contributed by atoms with Gasteiger partial charge < -0.3 is 0 Å². The van der Waals surface area contributed by atoms with Gasteiger partial charge in [-0.05, 0) is 12.3 Å². The third-order valence-corrected chi connectivity index (χ3v) is 4.56. The predicted octanol–water partition coefficient (Wildman–Crippen LogP) is -0.237. The molecule has 2 bridgehead atoms. The first-order chi connectivity index (χ1) is 4.59. The molecule has 56 valence electrons. The summed E-state index contributed by atoms with van der Waals surface area (Å²) in [5.41, 5.74) is 0. The molecule has 10 heavy (non-hydrogen) atoms. The molecule has 2 atom stereocenters. The molecular formula is C6H8O3S. The Hall–Kier alpha value is -0.380. The zero-order valence-electron chi connectivity index (χ0n) is 5.41. The van der Waals surface area contributed by atoms with Gasteiger partial charge in [0.2, 0.25) is 0 Å². The molecule has 1 heterocycles. The second-order valence-corrected chi connectivity index (χ2v) is 5.32. The highest BCUT2D eigenvalue weighted by molar-refractivity contribution is 7.93. The van der Waals surface area contributed by atoms with Gasteiger partial charge in [0, 0.05) is 6.42 Å². The van der Waals surface area contributed by atoms with Gasteiger partial charge in [0.25, 0.3) is 0 Å². The number of fused-ring (bicyclic) bond motifs is 2. The van der Waals surface area contributed by atoms with Gasteiger partial charge in [0.15, 0.2) is 15.6 Å². The summed E-state index contributed by atoms with van der Waals surface area (Å²) >= 11 is 0. The molecule has 0 aromatic rings. The first-order valence-corrected chi connectivity index (χ1v) is 5.05. The molecule has 1 saturated heterocycles. The Bertz CT molecular complexity index is 277. The van der Waals surface area contributed by atoms with Crippen LogP contribution in [0.4, 0.5) is 0 Å². The minimum Gasteiger partial charge on any atom is -0.298 e. The fourth-order valence-electron chi connectivity index (χ4n) is 1.85. The van der Waals surface area contributed by atoms with Crippen LogP contribution in [0.2, 0.25) is 0 Å². The van der Waals surface area contributed by atoms with E-state index in [1.165, 1.54) is 0 Å². The van der Waals surface area contributed by atoms with E-state index < -0.39 is 15.1 Å². The van der Waals surface area contributed by atoms with Gasteiger partial charge in [-0.1, -0.05) is 0 Å². The van der Waals surface area contributed by atoms with Crippen molar-refractivity contribution in [2.45, 2.75) is 18.1 Å². The number of rotatable bonds is 0. The lowest BCUT2D eigenvalue weighted by molar-refractivity contribution is -0.117. The van der Waals surface area contributed by atoms with Crippen molar-refractivity contribution in [3.8, 4) is 0 Å². The molecule has 0 amide bonds. The van der Waals surface area contributed by atoms with Gasteiger partial charge in [-0.3, -0.25) is 4.79 Å². The van der Waals surface area contributed by atoms with E-state index in [9.17, 15) is 13.2 Å². The molecule has 3 nitrogen and oxygen atoms in total. The van der Waals surface area contributed by atoms with E-state index in [-0.39, 0.29) is 17.5 Å². The van der Waals surface area contributed by atoms with Crippen molar-refractivity contribution in [1.29, 1.82) is 0 Å². The minimum absolute atomic E-state index is 0.0590. The normalized spacial score (nSPS) is 42.6. The van der Waals surface area contributed by atoms with Crippen molar-refractivity contribution >= 4 is 15.6 Å². The number of Topliss-reactive ketones (excluding diaryl/α,β-unsaturated/α-hetero) is 1. The second-order valence-electron chi connectivity index (χ2n) is 3.09. The highest BCUT2D eigenvalue weighted by Crippen LogP contribution is 2.36. The minimum atomic E-state index is -2.99. The number of hydrogen-bond acceptors (Lipinski definition) is 3. The monoisotopic (exact) mass is 160 g/mol. The Morgan fingerprint density at radius 2 is 2.10 bits per heavy atom. The third kappa shape index (κ3) is 0.653. The summed E-state index contributed by atoms with van der Waals surface area (Å²) in [5.74, 6) is 0.349. The van der Waals surface area contributed by atoms with E-state index in [1.807, 2.05) is 0 Å². The summed E-state index contributed by atoms with van der Waals surface area (Å²) in [6, 6.07) is 0. The number of ketones is 1. The molecule has 1 aliphatic carbocycles. The molecule has 0 spiro atoms. The highest BCUT2D eigenvalue weighted by Gasteiger charge is 2.49. The first kappa shape index (κ1) is 6.34. The molecule has 1 aliphatic heterocycles. The zero-order valence-corrected chi connectivity index (χ0v) is 6.23. The van der Waals surface area contributed by atoms with Crippen LogP contribution in [0.3, 0.4) is 0 Å². The van der Waals surface area contributed by atoms with Gasteiger partial charge in [-0.15, -0.1) is 0 Å². The van der Waals surface area contributed by atoms with E-state index in [2.05, 4.69) is 0 Å². The van der Waals surface area contributed by atoms with Crippen LogP contribution < -0.4 is 0 Å². The highest BCUT2D eigenvalue weighted by atomic mass is 32.2. The maximum absolute atomic E-state index is 11.0. The van der Waals surface area contributed by atoms with Crippen LogP contribution in [0.25, 0.3) is 0 Å². The van der Waals surface area contributed by atoms with Crippen LogP contribution in [0.5, 0.6) is 0 Å². The summed E-state index contributed by atoms with van der Waals surface area (Å²) in [6.07, 6.45) is 1.10. The Labute approximate surface area is 59.3 Å². The Morgan fingerprint density at radius 1 is 1.40 bits per heavy atom. The molecule has 1 saturated carbocycles. The maximum Gasteiger partial charge on any atom is 0.160 e. The molecule has 2 rings (SSSR count). The van der Waals surface area contributed by atoms with Crippen molar-refractivity contribution in [3.63, 3.8) is 0 Å². The zero-order chi connectivity index (χ0) is 7.35. The van der Waals surface area contributed by atoms with Crippen LogP contribution >= 0.6 is 0 Å². The van der Waals surface area contributed by atoms with Crippen LogP contribution in [0.1, 0.15) is 12.8 Å².